The summed E-state index contributed by atoms with van der Waals surface area (Å²) < 4.78 is 10.3. The van der Waals surface area contributed by atoms with Crippen molar-refractivity contribution in [3.05, 3.63) is 57.9 Å². The highest BCUT2D eigenvalue weighted by Gasteiger charge is 2.34. The molecule has 0 fully saturated rings. The Morgan fingerprint density at radius 1 is 0.967 bits per heavy atom. The number of aromatic nitrogens is 1. The average Bonchev–Trinajstić information content (AvgIpc) is 3.16. The summed E-state index contributed by atoms with van der Waals surface area (Å²) >= 11 is 0. The zero-order chi connectivity index (χ0) is 21.8. The zero-order valence-electron chi connectivity index (χ0n) is 17.2. The molecular weight excluding hydrogens is 388 g/mol. The highest BCUT2D eigenvalue weighted by Crippen LogP contribution is 2.23. The molecule has 2 aromatic rings. The first-order valence-electron chi connectivity index (χ1n) is 9.85. The standard InChI is InChI=1S/C22H24N2O6/c1-4-29-22(28)18-13(2)17(14(3)23-18)21(27)30-12-8-7-11-24-19(25)15-9-5-6-10-16(15)20(24)26/h5-6,9-10,23H,4,7-8,11-12H2,1-3H3. The first-order chi connectivity index (χ1) is 14.4. The fourth-order valence-electron chi connectivity index (χ4n) is 3.51. The smallest absolute Gasteiger partial charge is 0.355 e. The van der Waals surface area contributed by atoms with Crippen molar-refractivity contribution in [2.75, 3.05) is 19.8 Å². The number of hydrogen-bond acceptors (Lipinski definition) is 6. The van der Waals surface area contributed by atoms with Crippen LogP contribution >= 0.6 is 0 Å². The number of esters is 2. The Kier molecular flexibility index (Phi) is 6.34. The van der Waals surface area contributed by atoms with Crippen molar-refractivity contribution in [1.82, 2.24) is 9.88 Å². The van der Waals surface area contributed by atoms with E-state index in [1.165, 1.54) is 4.90 Å². The number of rotatable bonds is 8. The van der Waals surface area contributed by atoms with Crippen LogP contribution in [0.4, 0.5) is 0 Å². The van der Waals surface area contributed by atoms with E-state index in [1.807, 2.05) is 0 Å². The lowest BCUT2D eigenvalue weighted by atomic mass is 10.1. The van der Waals surface area contributed by atoms with E-state index in [9.17, 15) is 19.2 Å². The molecule has 0 saturated carbocycles. The van der Waals surface area contributed by atoms with Crippen LogP contribution in [0.25, 0.3) is 0 Å². The van der Waals surface area contributed by atoms with Gasteiger partial charge < -0.3 is 14.5 Å². The van der Waals surface area contributed by atoms with Crippen LogP contribution in [0.5, 0.6) is 0 Å². The van der Waals surface area contributed by atoms with Gasteiger partial charge in [-0.3, -0.25) is 14.5 Å². The molecule has 8 nitrogen and oxygen atoms in total. The molecule has 1 aliphatic rings. The molecule has 0 aliphatic carbocycles. The van der Waals surface area contributed by atoms with Gasteiger partial charge in [0.1, 0.15) is 5.69 Å². The minimum absolute atomic E-state index is 0.140. The molecule has 1 aliphatic heterocycles. The molecule has 0 unspecified atom stereocenters. The van der Waals surface area contributed by atoms with E-state index in [4.69, 9.17) is 9.47 Å². The second-order valence-corrected chi connectivity index (χ2v) is 7.00. The highest BCUT2D eigenvalue weighted by atomic mass is 16.5. The number of unbranched alkanes of at least 4 members (excludes halogenated alkanes) is 1. The maximum absolute atomic E-state index is 12.4. The number of nitrogens with one attached hydrogen (secondary N) is 1. The van der Waals surface area contributed by atoms with Crippen LogP contribution in [0, 0.1) is 13.8 Å². The topological polar surface area (TPSA) is 106 Å². The number of H-pyrrole nitrogens is 1. The maximum Gasteiger partial charge on any atom is 0.355 e. The molecule has 30 heavy (non-hydrogen) atoms. The predicted molar refractivity (Wildman–Crippen MR) is 108 cm³/mol. The Labute approximate surface area is 174 Å². The van der Waals surface area contributed by atoms with Crippen molar-refractivity contribution in [3.8, 4) is 0 Å². The Hall–Kier alpha value is -3.42. The van der Waals surface area contributed by atoms with E-state index in [0.29, 0.717) is 40.8 Å². The van der Waals surface area contributed by atoms with Gasteiger partial charge in [-0.15, -0.1) is 0 Å². The van der Waals surface area contributed by atoms with Gasteiger partial charge >= 0.3 is 11.9 Å². The Morgan fingerprint density at radius 2 is 1.60 bits per heavy atom. The lowest BCUT2D eigenvalue weighted by molar-refractivity contribution is 0.0484. The minimum Gasteiger partial charge on any atom is -0.462 e. The Balaban J connectivity index is 1.50. The fourth-order valence-corrected chi connectivity index (χ4v) is 3.51. The van der Waals surface area contributed by atoms with Crippen molar-refractivity contribution >= 4 is 23.8 Å². The first kappa shape index (κ1) is 21.3. The quantitative estimate of drug-likeness (QED) is 0.406. The second-order valence-electron chi connectivity index (χ2n) is 7.00. The molecule has 0 bridgehead atoms. The van der Waals surface area contributed by atoms with Crippen LogP contribution in [0.2, 0.25) is 0 Å². The van der Waals surface area contributed by atoms with Gasteiger partial charge in [-0.25, -0.2) is 9.59 Å². The van der Waals surface area contributed by atoms with Gasteiger partial charge in [-0.1, -0.05) is 12.1 Å². The monoisotopic (exact) mass is 412 g/mol. The summed E-state index contributed by atoms with van der Waals surface area (Å²) in [5, 5.41) is 0. The van der Waals surface area contributed by atoms with Crippen molar-refractivity contribution < 1.29 is 28.7 Å². The van der Waals surface area contributed by atoms with E-state index in [1.54, 1.807) is 45.0 Å². The molecular formula is C22H24N2O6. The average molecular weight is 412 g/mol. The molecule has 0 radical (unpaired) electrons. The van der Waals surface area contributed by atoms with Crippen molar-refractivity contribution in [3.63, 3.8) is 0 Å². The molecule has 1 N–H and O–H groups in total. The normalized spacial score (nSPS) is 12.8. The third-order valence-corrected chi connectivity index (χ3v) is 5.01. The molecule has 0 spiro atoms. The number of hydrogen-bond donors (Lipinski definition) is 1. The van der Waals surface area contributed by atoms with Gasteiger partial charge in [-0.05, 0) is 51.3 Å². The summed E-state index contributed by atoms with van der Waals surface area (Å²) in [4.78, 5) is 53.1. The molecule has 2 heterocycles. The molecule has 0 saturated heterocycles. The van der Waals surface area contributed by atoms with Crippen LogP contribution < -0.4 is 0 Å². The van der Waals surface area contributed by atoms with Crippen LogP contribution in [-0.4, -0.2) is 53.4 Å². The molecule has 1 aromatic heterocycles. The summed E-state index contributed by atoms with van der Waals surface area (Å²) in [6.45, 7) is 5.70. The van der Waals surface area contributed by atoms with Crippen molar-refractivity contribution in [2.24, 2.45) is 0 Å². The third kappa shape index (κ3) is 3.98. The number of imide groups is 1. The second kappa shape index (κ2) is 8.94. The number of aromatic amines is 1. The summed E-state index contributed by atoms with van der Waals surface area (Å²) in [5.41, 5.74) is 2.42. The predicted octanol–water partition coefficient (Wildman–Crippen LogP) is 3.04. The van der Waals surface area contributed by atoms with Crippen molar-refractivity contribution in [2.45, 2.75) is 33.6 Å². The number of amides is 2. The van der Waals surface area contributed by atoms with Gasteiger partial charge in [0.2, 0.25) is 0 Å². The summed E-state index contributed by atoms with van der Waals surface area (Å²) in [6, 6.07) is 6.74. The number of ether oxygens (including phenoxy) is 2. The lowest BCUT2D eigenvalue weighted by Crippen LogP contribution is -2.30. The van der Waals surface area contributed by atoms with Crippen LogP contribution in [-0.2, 0) is 9.47 Å². The Bertz CT molecular complexity index is 972. The Morgan fingerprint density at radius 3 is 2.20 bits per heavy atom. The van der Waals surface area contributed by atoms with Crippen molar-refractivity contribution in [1.29, 1.82) is 0 Å². The van der Waals surface area contributed by atoms with Gasteiger partial charge in [0, 0.05) is 12.2 Å². The van der Waals surface area contributed by atoms with Gasteiger partial charge in [0.05, 0.1) is 29.9 Å². The largest absolute Gasteiger partial charge is 0.462 e. The number of aryl methyl sites for hydroxylation is 1. The van der Waals surface area contributed by atoms with Gasteiger partial charge in [0.15, 0.2) is 0 Å². The SMILES string of the molecule is CCOC(=O)c1[nH]c(C)c(C(=O)OCCCCN2C(=O)c3ccccc3C2=O)c1C. The lowest BCUT2D eigenvalue weighted by Gasteiger charge is -2.13. The third-order valence-electron chi connectivity index (χ3n) is 5.01. The molecule has 3 rings (SSSR count). The number of carbonyl (C=O) groups is 4. The molecule has 2 amide bonds. The molecule has 1 aromatic carbocycles. The molecule has 158 valence electrons. The van der Waals surface area contributed by atoms with Crippen LogP contribution in [0.15, 0.2) is 24.3 Å². The summed E-state index contributed by atoms with van der Waals surface area (Å²) in [7, 11) is 0. The van der Waals surface area contributed by atoms with Gasteiger partial charge in [0.25, 0.3) is 11.8 Å². The summed E-state index contributed by atoms with van der Waals surface area (Å²) in [6.07, 6.45) is 1.00. The zero-order valence-corrected chi connectivity index (χ0v) is 17.2. The van der Waals surface area contributed by atoms with Crippen LogP contribution in [0.3, 0.4) is 0 Å². The molecule has 0 atom stereocenters. The fraction of sp³-hybridized carbons (Fsp3) is 0.364. The molecule has 8 heteroatoms. The van der Waals surface area contributed by atoms with E-state index in [2.05, 4.69) is 4.98 Å². The minimum atomic E-state index is -0.530. The van der Waals surface area contributed by atoms with E-state index in [-0.39, 0.29) is 37.3 Å². The van der Waals surface area contributed by atoms with E-state index < -0.39 is 11.9 Å². The van der Waals surface area contributed by atoms with E-state index in [0.717, 1.165) is 0 Å². The summed E-state index contributed by atoms with van der Waals surface area (Å²) in [5.74, 6) is -1.63. The number of carbonyl (C=O) groups excluding carboxylic acids is 4. The first-order valence-corrected chi connectivity index (χ1v) is 9.85. The number of benzene rings is 1. The van der Waals surface area contributed by atoms with Gasteiger partial charge in [-0.2, -0.15) is 0 Å². The van der Waals surface area contributed by atoms with E-state index >= 15 is 0 Å². The number of fused-ring (bicyclic) bond motifs is 1. The number of nitrogens with zero attached hydrogens (tertiary/aromatic N) is 1. The highest BCUT2D eigenvalue weighted by molar-refractivity contribution is 6.21. The maximum atomic E-state index is 12.4. The van der Waals surface area contributed by atoms with Crippen LogP contribution in [0.1, 0.15) is 72.6 Å².